The van der Waals surface area contributed by atoms with E-state index in [0.29, 0.717) is 6.42 Å². The maximum absolute atomic E-state index is 10.3. The van der Waals surface area contributed by atoms with Gasteiger partial charge in [0, 0.05) is 6.42 Å². The summed E-state index contributed by atoms with van der Waals surface area (Å²) < 4.78 is 0. The van der Waals surface area contributed by atoms with E-state index in [9.17, 15) is 4.79 Å². The smallest absolute Gasteiger partial charge is 0.217 e. The summed E-state index contributed by atoms with van der Waals surface area (Å²) in [5, 5.41) is 0. The fraction of sp³-hybridized carbons (Fsp3) is 0.889. The maximum Gasteiger partial charge on any atom is 0.217 e. The molecule has 66 valence electrons. The molecular weight excluding hydrogens is 138 g/mol. The summed E-state index contributed by atoms with van der Waals surface area (Å²) in [7, 11) is 0. The second-order valence-electron chi connectivity index (χ2n) is 2.98. The van der Waals surface area contributed by atoms with Crippen molar-refractivity contribution in [3.63, 3.8) is 0 Å². The Morgan fingerprint density at radius 2 is 1.64 bits per heavy atom. The van der Waals surface area contributed by atoms with Crippen molar-refractivity contribution in [2.45, 2.75) is 51.9 Å². The lowest BCUT2D eigenvalue weighted by Gasteiger charge is -1.97. The van der Waals surface area contributed by atoms with Crippen LogP contribution in [-0.2, 0) is 4.79 Å². The molecule has 0 bridgehead atoms. The van der Waals surface area contributed by atoms with Crippen molar-refractivity contribution in [3.05, 3.63) is 0 Å². The summed E-state index contributed by atoms with van der Waals surface area (Å²) in [4.78, 5) is 10.3. The molecule has 2 heteroatoms. The predicted molar refractivity (Wildman–Crippen MR) is 47.2 cm³/mol. The lowest BCUT2D eigenvalue weighted by molar-refractivity contribution is -0.118. The van der Waals surface area contributed by atoms with Crippen LogP contribution in [0.5, 0.6) is 0 Å². The highest BCUT2D eigenvalue weighted by molar-refractivity contribution is 5.73. The summed E-state index contributed by atoms with van der Waals surface area (Å²) in [5.74, 6) is -0.166. The molecule has 0 fully saturated rings. The topological polar surface area (TPSA) is 43.1 Å². The van der Waals surface area contributed by atoms with Crippen molar-refractivity contribution in [1.29, 1.82) is 0 Å². The summed E-state index contributed by atoms with van der Waals surface area (Å²) >= 11 is 0. The van der Waals surface area contributed by atoms with E-state index in [0.717, 1.165) is 12.8 Å². The molecule has 0 radical (unpaired) electrons. The van der Waals surface area contributed by atoms with Crippen LogP contribution in [0.4, 0.5) is 0 Å². The first kappa shape index (κ1) is 10.5. The number of rotatable bonds is 7. The van der Waals surface area contributed by atoms with Crippen LogP contribution >= 0.6 is 0 Å². The van der Waals surface area contributed by atoms with Crippen LogP contribution in [0.15, 0.2) is 0 Å². The number of hydrogen-bond donors (Lipinski definition) is 1. The number of carbonyl (C=O) groups excluding carboxylic acids is 1. The molecule has 1 amide bonds. The molecule has 0 aromatic heterocycles. The van der Waals surface area contributed by atoms with E-state index in [1.165, 1.54) is 25.7 Å². The van der Waals surface area contributed by atoms with Gasteiger partial charge in [0.2, 0.25) is 5.91 Å². The molecule has 0 aliphatic heterocycles. The van der Waals surface area contributed by atoms with Crippen LogP contribution < -0.4 is 5.73 Å². The van der Waals surface area contributed by atoms with Crippen molar-refractivity contribution in [2.75, 3.05) is 0 Å². The zero-order valence-corrected chi connectivity index (χ0v) is 7.44. The molecule has 0 spiro atoms. The SMILES string of the molecule is CCCCCCCCC(N)=O. The quantitative estimate of drug-likeness (QED) is 0.566. The van der Waals surface area contributed by atoms with Gasteiger partial charge in [0.25, 0.3) is 0 Å². The number of nitrogens with two attached hydrogens (primary N) is 1. The lowest BCUT2D eigenvalue weighted by atomic mass is 10.1. The highest BCUT2D eigenvalue weighted by Gasteiger charge is 1.93. The molecule has 0 saturated carbocycles. The molecule has 2 nitrogen and oxygen atoms in total. The number of primary amides is 1. The third-order valence-electron chi connectivity index (χ3n) is 1.78. The van der Waals surface area contributed by atoms with Crippen LogP contribution in [0.2, 0.25) is 0 Å². The minimum atomic E-state index is -0.166. The number of carbonyl (C=O) groups is 1. The Hall–Kier alpha value is -0.530. The average molecular weight is 157 g/mol. The minimum absolute atomic E-state index is 0.166. The normalized spacial score (nSPS) is 9.91. The Bertz CT molecular complexity index is 102. The van der Waals surface area contributed by atoms with Gasteiger partial charge in [0.15, 0.2) is 0 Å². The van der Waals surface area contributed by atoms with Gasteiger partial charge in [-0.1, -0.05) is 39.0 Å². The molecule has 0 aliphatic rings. The molecule has 0 aromatic carbocycles. The number of unbranched alkanes of at least 4 members (excludes halogenated alkanes) is 5. The molecule has 0 aromatic rings. The van der Waals surface area contributed by atoms with E-state index in [1.807, 2.05) is 0 Å². The number of amides is 1. The first-order chi connectivity index (χ1) is 5.27. The van der Waals surface area contributed by atoms with Crippen LogP contribution in [0.3, 0.4) is 0 Å². The van der Waals surface area contributed by atoms with Gasteiger partial charge in [-0.3, -0.25) is 4.79 Å². The van der Waals surface area contributed by atoms with E-state index in [2.05, 4.69) is 6.92 Å². The summed E-state index contributed by atoms with van der Waals surface area (Å²) in [6, 6.07) is 0. The highest BCUT2D eigenvalue weighted by Crippen LogP contribution is 2.05. The number of hydrogen-bond acceptors (Lipinski definition) is 1. The van der Waals surface area contributed by atoms with Crippen molar-refractivity contribution in [1.82, 2.24) is 0 Å². The van der Waals surface area contributed by atoms with E-state index in [4.69, 9.17) is 5.73 Å². The molecule has 0 aliphatic carbocycles. The third kappa shape index (κ3) is 9.47. The first-order valence-electron chi connectivity index (χ1n) is 4.55. The standard InChI is InChI=1S/C9H19NO/c1-2-3-4-5-6-7-8-9(10)11/h2-8H2,1H3,(H2,10,11). The van der Waals surface area contributed by atoms with Gasteiger partial charge < -0.3 is 5.73 Å². The summed E-state index contributed by atoms with van der Waals surface area (Å²) in [5.41, 5.74) is 4.99. The van der Waals surface area contributed by atoms with E-state index >= 15 is 0 Å². The van der Waals surface area contributed by atoms with Gasteiger partial charge in [-0.15, -0.1) is 0 Å². The predicted octanol–water partition coefficient (Wildman–Crippen LogP) is 2.22. The lowest BCUT2D eigenvalue weighted by Crippen LogP contribution is -2.09. The van der Waals surface area contributed by atoms with Gasteiger partial charge in [0.05, 0.1) is 0 Å². The Balaban J connectivity index is 2.85. The first-order valence-corrected chi connectivity index (χ1v) is 4.55. The van der Waals surface area contributed by atoms with Gasteiger partial charge in [-0.25, -0.2) is 0 Å². The zero-order valence-electron chi connectivity index (χ0n) is 7.44. The highest BCUT2D eigenvalue weighted by atomic mass is 16.1. The van der Waals surface area contributed by atoms with Crippen molar-refractivity contribution in [2.24, 2.45) is 5.73 Å². The fourth-order valence-electron chi connectivity index (χ4n) is 1.08. The average Bonchev–Trinajstić information content (AvgIpc) is 1.96. The van der Waals surface area contributed by atoms with Crippen LogP contribution in [0.1, 0.15) is 51.9 Å². The van der Waals surface area contributed by atoms with Crippen molar-refractivity contribution >= 4 is 5.91 Å². The Morgan fingerprint density at radius 1 is 1.09 bits per heavy atom. The van der Waals surface area contributed by atoms with Gasteiger partial charge in [-0.05, 0) is 6.42 Å². The second-order valence-corrected chi connectivity index (χ2v) is 2.98. The molecule has 0 atom stereocenters. The van der Waals surface area contributed by atoms with E-state index in [-0.39, 0.29) is 5.91 Å². The largest absolute Gasteiger partial charge is 0.370 e. The van der Waals surface area contributed by atoms with E-state index in [1.54, 1.807) is 0 Å². The maximum atomic E-state index is 10.3. The van der Waals surface area contributed by atoms with Crippen molar-refractivity contribution in [3.8, 4) is 0 Å². The molecule has 0 unspecified atom stereocenters. The minimum Gasteiger partial charge on any atom is -0.370 e. The molecule has 11 heavy (non-hydrogen) atoms. The fourth-order valence-corrected chi connectivity index (χ4v) is 1.08. The molecule has 2 N–H and O–H groups in total. The zero-order chi connectivity index (χ0) is 8.53. The third-order valence-corrected chi connectivity index (χ3v) is 1.78. The van der Waals surface area contributed by atoms with Crippen molar-refractivity contribution < 1.29 is 4.79 Å². The molecule has 0 rings (SSSR count). The summed E-state index contributed by atoms with van der Waals surface area (Å²) in [6.07, 6.45) is 7.83. The summed E-state index contributed by atoms with van der Waals surface area (Å²) in [6.45, 7) is 2.20. The van der Waals surface area contributed by atoms with Crippen LogP contribution in [0.25, 0.3) is 0 Å². The second kappa shape index (κ2) is 7.58. The molecular formula is C9H19NO. The van der Waals surface area contributed by atoms with E-state index < -0.39 is 0 Å². The Kier molecular flexibility index (Phi) is 7.21. The Labute approximate surface area is 69.2 Å². The van der Waals surface area contributed by atoms with Crippen LogP contribution in [0, 0.1) is 0 Å². The van der Waals surface area contributed by atoms with Gasteiger partial charge in [-0.2, -0.15) is 0 Å². The van der Waals surface area contributed by atoms with Crippen LogP contribution in [-0.4, -0.2) is 5.91 Å². The van der Waals surface area contributed by atoms with Gasteiger partial charge >= 0.3 is 0 Å². The molecule has 0 heterocycles. The van der Waals surface area contributed by atoms with Gasteiger partial charge in [0.1, 0.15) is 0 Å². The monoisotopic (exact) mass is 157 g/mol. The molecule has 0 saturated heterocycles. The Morgan fingerprint density at radius 3 is 2.18 bits per heavy atom.